The summed E-state index contributed by atoms with van der Waals surface area (Å²) in [6.07, 6.45) is 0.781. The van der Waals surface area contributed by atoms with Crippen molar-refractivity contribution in [3.8, 4) is 0 Å². The fraction of sp³-hybridized carbons (Fsp3) is 0.259. The third-order valence-electron chi connectivity index (χ3n) is 6.29. The van der Waals surface area contributed by atoms with Crippen molar-refractivity contribution in [2.45, 2.75) is 33.2 Å². The number of allylic oxidation sites excluding steroid dienone is 1. The van der Waals surface area contributed by atoms with Crippen molar-refractivity contribution in [3.63, 3.8) is 0 Å². The number of hydrogen-bond acceptors (Lipinski definition) is 6. The van der Waals surface area contributed by atoms with Crippen LogP contribution in [0.3, 0.4) is 0 Å². The van der Waals surface area contributed by atoms with Gasteiger partial charge in [-0.15, -0.1) is 0 Å². The average molecular weight is 522 g/mol. The summed E-state index contributed by atoms with van der Waals surface area (Å²) in [6.45, 7) is 6.17. The Bertz CT molecular complexity index is 1620. The summed E-state index contributed by atoms with van der Waals surface area (Å²) in [6, 6.07) is 13.7. The van der Waals surface area contributed by atoms with Gasteiger partial charge in [0.15, 0.2) is 4.80 Å². The van der Waals surface area contributed by atoms with Crippen molar-refractivity contribution in [1.29, 1.82) is 0 Å². The van der Waals surface area contributed by atoms with E-state index in [1.165, 1.54) is 4.57 Å². The number of amides is 1. The molecule has 5 rings (SSSR count). The summed E-state index contributed by atoms with van der Waals surface area (Å²) in [5.41, 5.74) is 2.75. The number of halogens is 1. The molecule has 0 N–H and O–H groups in total. The summed E-state index contributed by atoms with van der Waals surface area (Å²) in [5.74, 6) is -0.767. The van der Waals surface area contributed by atoms with E-state index in [-0.39, 0.29) is 18.1 Å². The van der Waals surface area contributed by atoms with Crippen LogP contribution in [0.1, 0.15) is 44.4 Å². The highest BCUT2D eigenvalue weighted by Gasteiger charge is 2.37. The Kier molecular flexibility index (Phi) is 6.40. The molecule has 9 heteroatoms. The molecule has 0 bridgehead atoms. The maximum atomic E-state index is 14.1. The third-order valence-corrected chi connectivity index (χ3v) is 7.69. The topological polar surface area (TPSA) is 81.0 Å². The molecular weight excluding hydrogens is 498 g/mol. The number of carbonyl (C=O) groups is 2. The lowest BCUT2D eigenvalue weighted by Gasteiger charge is -2.25. The standard InChI is InChI=1S/C27H24ClN3O4S/c1-4-14-30-19-13-9-7-11-17(19)21(24(30)32)23-25(33)31-22(16-10-6-8-12-18(16)28)20(26(34)35-5-2)15(3)29-27(31)36-23/h6-13,22H,4-5,14H2,1-3H3/t22-/m0/s1. The molecule has 1 aromatic heterocycles. The van der Waals surface area contributed by atoms with Gasteiger partial charge in [-0.25, -0.2) is 9.79 Å². The summed E-state index contributed by atoms with van der Waals surface area (Å²) in [5, 5.41) is 0.411. The minimum atomic E-state index is -0.832. The Labute approximate surface area is 216 Å². The summed E-state index contributed by atoms with van der Waals surface area (Å²) in [7, 11) is 0. The normalized spacial score (nSPS) is 18.2. The molecule has 3 heterocycles. The van der Waals surface area contributed by atoms with Crippen molar-refractivity contribution in [1.82, 2.24) is 4.57 Å². The Hall–Kier alpha value is -3.49. The van der Waals surface area contributed by atoms with E-state index in [0.29, 0.717) is 37.7 Å². The van der Waals surface area contributed by atoms with Crippen LogP contribution in [0.25, 0.3) is 5.57 Å². The number of nitrogens with zero attached hydrogens (tertiary/aromatic N) is 3. The molecule has 0 aliphatic carbocycles. The van der Waals surface area contributed by atoms with E-state index in [1.54, 1.807) is 43.0 Å². The number of aromatic nitrogens is 1. The van der Waals surface area contributed by atoms with Gasteiger partial charge in [0.2, 0.25) is 0 Å². The lowest BCUT2D eigenvalue weighted by molar-refractivity contribution is -0.139. The quantitative estimate of drug-likeness (QED) is 0.481. The highest BCUT2D eigenvalue weighted by molar-refractivity contribution is 7.07. The second-order valence-electron chi connectivity index (χ2n) is 8.49. The number of thiazole rings is 1. The molecule has 0 fully saturated rings. The first-order chi connectivity index (χ1) is 17.4. The highest BCUT2D eigenvalue weighted by Crippen LogP contribution is 2.36. The molecule has 36 heavy (non-hydrogen) atoms. The average Bonchev–Trinajstić information content (AvgIpc) is 3.32. The largest absolute Gasteiger partial charge is 0.463 e. The fourth-order valence-corrected chi connectivity index (χ4v) is 6.15. The number of esters is 1. The number of carbonyl (C=O) groups excluding carboxylic acids is 2. The molecule has 1 atom stereocenters. The molecule has 2 aromatic carbocycles. The Morgan fingerprint density at radius 3 is 2.56 bits per heavy atom. The predicted molar refractivity (Wildman–Crippen MR) is 140 cm³/mol. The van der Waals surface area contributed by atoms with Gasteiger partial charge in [0.05, 0.1) is 29.1 Å². The molecule has 7 nitrogen and oxygen atoms in total. The monoisotopic (exact) mass is 521 g/mol. The number of rotatable bonds is 5. The second kappa shape index (κ2) is 9.52. The fourth-order valence-electron chi connectivity index (χ4n) is 4.78. The van der Waals surface area contributed by atoms with Crippen LogP contribution in [0.4, 0.5) is 5.69 Å². The van der Waals surface area contributed by atoms with Gasteiger partial charge in [-0.1, -0.05) is 66.3 Å². The van der Waals surface area contributed by atoms with Crippen LogP contribution in [0.2, 0.25) is 5.02 Å². The van der Waals surface area contributed by atoms with Crippen LogP contribution < -0.4 is 19.8 Å². The predicted octanol–water partition coefficient (Wildman–Crippen LogP) is 3.58. The minimum absolute atomic E-state index is 0.179. The molecule has 0 radical (unpaired) electrons. The summed E-state index contributed by atoms with van der Waals surface area (Å²) in [4.78, 5) is 47.4. The molecular formula is C27H24ClN3O4S. The van der Waals surface area contributed by atoms with Crippen molar-refractivity contribution in [2.75, 3.05) is 18.1 Å². The van der Waals surface area contributed by atoms with Gasteiger partial charge in [0.1, 0.15) is 10.6 Å². The van der Waals surface area contributed by atoms with E-state index >= 15 is 0 Å². The van der Waals surface area contributed by atoms with E-state index in [9.17, 15) is 14.4 Å². The van der Waals surface area contributed by atoms with Crippen LogP contribution >= 0.6 is 22.9 Å². The van der Waals surface area contributed by atoms with E-state index in [2.05, 4.69) is 4.99 Å². The zero-order valence-corrected chi connectivity index (χ0v) is 21.7. The lowest BCUT2D eigenvalue weighted by atomic mass is 9.96. The minimum Gasteiger partial charge on any atom is -0.463 e. The zero-order valence-electron chi connectivity index (χ0n) is 20.1. The van der Waals surface area contributed by atoms with Gasteiger partial charge in [0, 0.05) is 17.1 Å². The van der Waals surface area contributed by atoms with E-state index in [4.69, 9.17) is 16.3 Å². The van der Waals surface area contributed by atoms with E-state index in [0.717, 1.165) is 29.0 Å². The van der Waals surface area contributed by atoms with Gasteiger partial charge in [-0.05, 0) is 38.0 Å². The molecule has 0 saturated heterocycles. The van der Waals surface area contributed by atoms with Gasteiger partial charge in [-0.3, -0.25) is 14.2 Å². The Morgan fingerprint density at radius 2 is 1.83 bits per heavy atom. The Morgan fingerprint density at radius 1 is 1.11 bits per heavy atom. The molecule has 0 spiro atoms. The van der Waals surface area contributed by atoms with E-state index in [1.807, 2.05) is 31.2 Å². The maximum Gasteiger partial charge on any atom is 0.338 e. The van der Waals surface area contributed by atoms with Crippen molar-refractivity contribution in [3.05, 3.63) is 95.6 Å². The molecule has 2 aliphatic heterocycles. The smallest absolute Gasteiger partial charge is 0.338 e. The van der Waals surface area contributed by atoms with Gasteiger partial charge in [-0.2, -0.15) is 0 Å². The molecule has 0 unspecified atom stereocenters. The van der Waals surface area contributed by atoms with Crippen LogP contribution in [0.15, 0.2) is 69.6 Å². The van der Waals surface area contributed by atoms with Crippen molar-refractivity contribution in [2.24, 2.45) is 4.99 Å². The first-order valence-corrected chi connectivity index (χ1v) is 13.0. The third kappa shape index (κ3) is 3.72. The van der Waals surface area contributed by atoms with Gasteiger partial charge >= 0.3 is 5.97 Å². The maximum absolute atomic E-state index is 14.1. The molecule has 0 saturated carbocycles. The summed E-state index contributed by atoms with van der Waals surface area (Å²) >= 11 is 7.72. The van der Waals surface area contributed by atoms with Gasteiger partial charge in [0.25, 0.3) is 11.5 Å². The zero-order chi connectivity index (χ0) is 25.6. The summed E-state index contributed by atoms with van der Waals surface area (Å²) < 4.78 is 7.09. The number of hydrogen-bond donors (Lipinski definition) is 0. The van der Waals surface area contributed by atoms with Crippen LogP contribution in [0, 0.1) is 0 Å². The van der Waals surface area contributed by atoms with Crippen molar-refractivity contribution < 1.29 is 14.3 Å². The number of ether oxygens (including phenoxy) is 1. The number of anilines is 1. The van der Waals surface area contributed by atoms with Crippen LogP contribution in [0.5, 0.6) is 0 Å². The second-order valence-corrected chi connectivity index (χ2v) is 9.88. The van der Waals surface area contributed by atoms with Crippen LogP contribution in [-0.4, -0.2) is 29.6 Å². The molecule has 2 aliphatic rings. The molecule has 184 valence electrons. The number of fused-ring (bicyclic) bond motifs is 2. The first-order valence-electron chi connectivity index (χ1n) is 11.8. The lowest BCUT2D eigenvalue weighted by Crippen LogP contribution is -2.41. The first kappa shape index (κ1) is 24.2. The van der Waals surface area contributed by atoms with E-state index < -0.39 is 17.6 Å². The SMILES string of the molecule is CCCN1C(=O)C(=c2sc3n(c2=O)[C@@H](c2ccccc2Cl)C(C(=O)OCC)=C(C)N=3)c2ccccc21. The number of para-hydroxylation sites is 1. The van der Waals surface area contributed by atoms with Crippen molar-refractivity contribution >= 4 is 46.1 Å². The highest BCUT2D eigenvalue weighted by atomic mass is 35.5. The number of benzene rings is 2. The Balaban J connectivity index is 1.83. The molecule has 3 aromatic rings. The van der Waals surface area contributed by atoms with Crippen LogP contribution in [-0.2, 0) is 14.3 Å². The van der Waals surface area contributed by atoms with Gasteiger partial charge < -0.3 is 9.64 Å². The molecule has 1 amide bonds.